The quantitative estimate of drug-likeness (QED) is 0.711. The molecule has 72 valence electrons. The molecule has 1 atom stereocenters. The van der Waals surface area contributed by atoms with E-state index in [0.717, 1.165) is 11.0 Å². The average Bonchev–Trinajstić information content (AvgIpc) is 2.05. The van der Waals surface area contributed by atoms with Gasteiger partial charge in [-0.05, 0) is 12.8 Å². The second kappa shape index (κ2) is 7.81. The van der Waals surface area contributed by atoms with Gasteiger partial charge < -0.3 is 5.32 Å². The second-order valence-corrected chi connectivity index (χ2v) is 4.27. The van der Waals surface area contributed by atoms with Gasteiger partial charge in [-0.1, -0.05) is 49.2 Å². The van der Waals surface area contributed by atoms with Crippen molar-refractivity contribution in [3.63, 3.8) is 0 Å². The first-order valence-corrected chi connectivity index (χ1v) is 5.56. The molecule has 0 radical (unpaired) electrons. The van der Waals surface area contributed by atoms with Gasteiger partial charge in [-0.2, -0.15) is 0 Å². The highest BCUT2D eigenvalue weighted by Gasteiger charge is 2.03. The van der Waals surface area contributed by atoms with Crippen molar-refractivity contribution in [1.82, 2.24) is 5.32 Å². The van der Waals surface area contributed by atoms with Crippen molar-refractivity contribution < 1.29 is 0 Å². The number of hydrogen-bond acceptors (Lipinski definition) is 1. The van der Waals surface area contributed by atoms with Crippen molar-refractivity contribution >= 4 is 15.9 Å². The summed E-state index contributed by atoms with van der Waals surface area (Å²) >= 11 is 3.34. The summed E-state index contributed by atoms with van der Waals surface area (Å²) in [7, 11) is 0. The van der Waals surface area contributed by atoms with Gasteiger partial charge >= 0.3 is 0 Å². The Morgan fingerprint density at radius 2 is 2.17 bits per heavy atom. The SMILES string of the molecule is C=C(Br)CNC(CC)CCCC. The van der Waals surface area contributed by atoms with E-state index < -0.39 is 0 Å². The third kappa shape index (κ3) is 6.86. The van der Waals surface area contributed by atoms with Gasteiger partial charge in [0, 0.05) is 17.1 Å². The maximum absolute atomic E-state index is 3.80. The highest BCUT2D eigenvalue weighted by Crippen LogP contribution is 2.05. The van der Waals surface area contributed by atoms with Crippen LogP contribution < -0.4 is 5.32 Å². The molecule has 1 unspecified atom stereocenters. The molecule has 0 amide bonds. The number of hydrogen-bond donors (Lipinski definition) is 1. The Bertz CT molecular complexity index is 123. The molecule has 0 aromatic carbocycles. The molecular weight excluding hydrogens is 214 g/mol. The highest BCUT2D eigenvalue weighted by molar-refractivity contribution is 9.11. The van der Waals surface area contributed by atoms with Crippen molar-refractivity contribution in [3.8, 4) is 0 Å². The molecule has 0 aromatic rings. The third-order valence-corrected chi connectivity index (χ3v) is 2.26. The molecule has 0 spiro atoms. The topological polar surface area (TPSA) is 12.0 Å². The summed E-state index contributed by atoms with van der Waals surface area (Å²) in [6.45, 7) is 9.15. The molecule has 0 aliphatic carbocycles. The van der Waals surface area contributed by atoms with Crippen LogP contribution in [-0.2, 0) is 0 Å². The Morgan fingerprint density at radius 3 is 2.58 bits per heavy atom. The molecule has 0 bridgehead atoms. The normalized spacial score (nSPS) is 12.9. The van der Waals surface area contributed by atoms with E-state index >= 15 is 0 Å². The van der Waals surface area contributed by atoms with Gasteiger partial charge in [0.05, 0.1) is 0 Å². The number of nitrogens with one attached hydrogen (secondary N) is 1. The summed E-state index contributed by atoms with van der Waals surface area (Å²) in [6.07, 6.45) is 5.10. The van der Waals surface area contributed by atoms with Crippen LogP contribution in [0.15, 0.2) is 11.1 Å². The minimum Gasteiger partial charge on any atom is -0.309 e. The highest BCUT2D eigenvalue weighted by atomic mass is 79.9. The molecule has 1 nitrogen and oxygen atoms in total. The summed E-state index contributed by atoms with van der Waals surface area (Å²) in [5.41, 5.74) is 0. The van der Waals surface area contributed by atoms with Crippen molar-refractivity contribution in [2.75, 3.05) is 6.54 Å². The zero-order valence-electron chi connectivity index (χ0n) is 8.20. The van der Waals surface area contributed by atoms with Crippen LogP contribution in [0.25, 0.3) is 0 Å². The Labute approximate surface area is 84.8 Å². The van der Waals surface area contributed by atoms with E-state index in [2.05, 4.69) is 41.7 Å². The lowest BCUT2D eigenvalue weighted by Gasteiger charge is -2.15. The van der Waals surface area contributed by atoms with Gasteiger partial charge in [-0.25, -0.2) is 0 Å². The maximum atomic E-state index is 3.80. The third-order valence-electron chi connectivity index (χ3n) is 1.98. The minimum absolute atomic E-state index is 0.666. The molecular formula is C10H20BrN. The van der Waals surface area contributed by atoms with Crippen LogP contribution in [0.4, 0.5) is 0 Å². The van der Waals surface area contributed by atoms with Gasteiger partial charge in [-0.15, -0.1) is 0 Å². The second-order valence-electron chi connectivity index (χ2n) is 3.15. The minimum atomic E-state index is 0.666. The monoisotopic (exact) mass is 233 g/mol. The summed E-state index contributed by atoms with van der Waals surface area (Å²) in [5, 5.41) is 3.46. The lowest BCUT2D eigenvalue weighted by molar-refractivity contribution is 0.472. The molecule has 12 heavy (non-hydrogen) atoms. The Balaban J connectivity index is 3.45. The fourth-order valence-corrected chi connectivity index (χ4v) is 1.32. The van der Waals surface area contributed by atoms with Gasteiger partial charge in [0.2, 0.25) is 0 Å². The Morgan fingerprint density at radius 1 is 1.50 bits per heavy atom. The van der Waals surface area contributed by atoms with Crippen molar-refractivity contribution in [1.29, 1.82) is 0 Å². The molecule has 0 aliphatic rings. The summed E-state index contributed by atoms with van der Waals surface area (Å²) < 4.78 is 1.04. The van der Waals surface area contributed by atoms with Gasteiger partial charge in [0.1, 0.15) is 0 Å². The molecule has 2 heteroatoms. The predicted octanol–water partition coefficient (Wildman–Crippen LogP) is 3.45. The number of rotatable bonds is 7. The van der Waals surface area contributed by atoms with Gasteiger partial charge in [0.25, 0.3) is 0 Å². The number of unbranched alkanes of at least 4 members (excludes halogenated alkanes) is 1. The van der Waals surface area contributed by atoms with Crippen LogP contribution in [0, 0.1) is 0 Å². The standard InChI is InChI=1S/C10H20BrN/c1-4-6-7-10(5-2)12-8-9(3)11/h10,12H,3-8H2,1-2H3. The Kier molecular flexibility index (Phi) is 7.93. The molecule has 0 fully saturated rings. The maximum Gasteiger partial charge on any atom is 0.0268 e. The molecule has 0 rings (SSSR count). The molecule has 0 saturated carbocycles. The smallest absolute Gasteiger partial charge is 0.0268 e. The molecule has 0 saturated heterocycles. The molecule has 0 aliphatic heterocycles. The summed E-state index contributed by atoms with van der Waals surface area (Å²) in [6, 6.07) is 0.666. The van der Waals surface area contributed by atoms with Crippen molar-refractivity contribution in [3.05, 3.63) is 11.1 Å². The lowest BCUT2D eigenvalue weighted by atomic mass is 10.1. The number of halogens is 1. The lowest BCUT2D eigenvalue weighted by Crippen LogP contribution is -2.29. The Hall–Kier alpha value is 0.180. The van der Waals surface area contributed by atoms with E-state index in [1.807, 2.05) is 0 Å². The van der Waals surface area contributed by atoms with Crippen molar-refractivity contribution in [2.45, 2.75) is 45.6 Å². The average molecular weight is 234 g/mol. The van der Waals surface area contributed by atoms with E-state index in [1.54, 1.807) is 0 Å². The van der Waals surface area contributed by atoms with Gasteiger partial charge in [-0.3, -0.25) is 0 Å². The molecule has 0 aromatic heterocycles. The van der Waals surface area contributed by atoms with E-state index in [9.17, 15) is 0 Å². The predicted molar refractivity (Wildman–Crippen MR) is 59.7 cm³/mol. The van der Waals surface area contributed by atoms with Crippen LogP contribution >= 0.6 is 15.9 Å². The van der Waals surface area contributed by atoms with E-state index in [1.165, 1.54) is 25.7 Å². The van der Waals surface area contributed by atoms with Crippen LogP contribution in [0.1, 0.15) is 39.5 Å². The first-order valence-electron chi connectivity index (χ1n) is 4.77. The van der Waals surface area contributed by atoms with E-state index in [-0.39, 0.29) is 0 Å². The molecule has 0 heterocycles. The summed E-state index contributed by atoms with van der Waals surface area (Å²) in [4.78, 5) is 0. The fraction of sp³-hybridized carbons (Fsp3) is 0.800. The fourth-order valence-electron chi connectivity index (χ4n) is 1.16. The first kappa shape index (κ1) is 12.2. The van der Waals surface area contributed by atoms with E-state index in [0.29, 0.717) is 6.04 Å². The van der Waals surface area contributed by atoms with E-state index in [4.69, 9.17) is 0 Å². The van der Waals surface area contributed by atoms with Gasteiger partial charge in [0.15, 0.2) is 0 Å². The van der Waals surface area contributed by atoms with Crippen LogP contribution in [-0.4, -0.2) is 12.6 Å². The zero-order chi connectivity index (χ0) is 9.40. The zero-order valence-corrected chi connectivity index (χ0v) is 9.78. The largest absolute Gasteiger partial charge is 0.309 e. The van der Waals surface area contributed by atoms with Crippen LogP contribution in [0.3, 0.4) is 0 Å². The van der Waals surface area contributed by atoms with Crippen LogP contribution in [0.2, 0.25) is 0 Å². The van der Waals surface area contributed by atoms with Crippen LogP contribution in [0.5, 0.6) is 0 Å². The molecule has 1 N–H and O–H groups in total. The summed E-state index contributed by atoms with van der Waals surface area (Å²) in [5.74, 6) is 0. The van der Waals surface area contributed by atoms with Crippen molar-refractivity contribution in [2.24, 2.45) is 0 Å². The first-order chi connectivity index (χ1) is 5.70.